The zero-order valence-corrected chi connectivity index (χ0v) is 31.7. The molecule has 1 aliphatic rings. The molecule has 256 valence electrons. The summed E-state index contributed by atoms with van der Waals surface area (Å²) >= 11 is 1.88. The van der Waals surface area contributed by atoms with Gasteiger partial charge >= 0.3 is 0 Å². The van der Waals surface area contributed by atoms with Crippen LogP contribution in [0.2, 0.25) is 0 Å². The van der Waals surface area contributed by atoms with Crippen LogP contribution in [0.3, 0.4) is 0 Å². The summed E-state index contributed by atoms with van der Waals surface area (Å²) in [5.41, 5.74) is 12.7. The van der Waals surface area contributed by atoms with Crippen LogP contribution in [-0.4, -0.2) is 0 Å². The third-order valence-electron chi connectivity index (χ3n) is 11.6. The molecule has 0 radical (unpaired) electrons. The van der Waals surface area contributed by atoms with Crippen molar-refractivity contribution in [1.82, 2.24) is 0 Å². The summed E-state index contributed by atoms with van der Waals surface area (Å²) in [4.78, 5) is 2.51. The number of hydrogen-bond donors (Lipinski definition) is 0. The normalized spacial score (nSPS) is 13.5. The summed E-state index contributed by atoms with van der Waals surface area (Å²) in [5, 5.41) is 7.70. The van der Waals surface area contributed by atoms with Crippen LogP contribution in [0.5, 0.6) is 0 Å². The molecule has 1 aliphatic carbocycles. The van der Waals surface area contributed by atoms with E-state index in [0.717, 1.165) is 11.4 Å². The molecule has 1 aromatic heterocycles. The van der Waals surface area contributed by atoms with Crippen molar-refractivity contribution in [3.8, 4) is 22.3 Å². The minimum absolute atomic E-state index is 0.0543. The van der Waals surface area contributed by atoms with E-state index in [0.29, 0.717) is 0 Å². The fraction of sp³-hybridized carbons (Fsp3) is 0.137. The SMILES string of the molecule is CC(C)(C)c1ccc(N(c2ccc3c(c2)-c2cc4ccccc4cc2C3(C)C)c2ccc3ccccc3c2-c2cccc3sc4ccccc4c23)cc1. The molecule has 10 rings (SSSR count). The van der Waals surface area contributed by atoms with Gasteiger partial charge in [0.05, 0.1) is 5.69 Å². The molecule has 0 fully saturated rings. The van der Waals surface area contributed by atoms with Crippen LogP contribution in [0.1, 0.15) is 51.3 Å². The van der Waals surface area contributed by atoms with Gasteiger partial charge in [0, 0.05) is 42.5 Å². The van der Waals surface area contributed by atoms with E-state index < -0.39 is 0 Å². The van der Waals surface area contributed by atoms with E-state index in [1.807, 2.05) is 11.3 Å². The summed E-state index contributed by atoms with van der Waals surface area (Å²) in [7, 11) is 0. The zero-order chi connectivity index (χ0) is 36.1. The minimum Gasteiger partial charge on any atom is -0.310 e. The maximum atomic E-state index is 2.51. The van der Waals surface area contributed by atoms with E-state index in [9.17, 15) is 0 Å². The van der Waals surface area contributed by atoms with Crippen molar-refractivity contribution in [1.29, 1.82) is 0 Å². The topological polar surface area (TPSA) is 3.24 Å². The second kappa shape index (κ2) is 11.7. The molecule has 1 heterocycles. The third-order valence-corrected chi connectivity index (χ3v) is 12.7. The molecule has 0 N–H and O–H groups in total. The standard InChI is InChI=1S/C51H41NS/c1-50(2,3)35-22-24-36(25-23-35)52(37-26-27-43-42(31-37)41-29-33-14-6-7-15-34(33)30-44(41)51(43,4)5)45-28-21-32-13-8-9-16-38(32)48(45)40-18-12-20-47-49(40)39-17-10-11-19-46(39)53-47/h6-31H,1-5H3. The van der Waals surface area contributed by atoms with Gasteiger partial charge in [0.1, 0.15) is 0 Å². The van der Waals surface area contributed by atoms with Crippen LogP contribution >= 0.6 is 11.3 Å². The Morgan fingerprint density at radius 2 is 1.13 bits per heavy atom. The lowest BCUT2D eigenvalue weighted by molar-refractivity contribution is 0.590. The summed E-state index contributed by atoms with van der Waals surface area (Å²) in [6, 6.07) is 59.3. The average molecular weight is 700 g/mol. The Morgan fingerprint density at radius 1 is 0.491 bits per heavy atom. The van der Waals surface area contributed by atoms with Crippen molar-refractivity contribution < 1.29 is 0 Å². The van der Waals surface area contributed by atoms with Crippen LogP contribution in [-0.2, 0) is 10.8 Å². The van der Waals surface area contributed by atoms with Gasteiger partial charge in [-0.1, -0.05) is 138 Å². The number of rotatable bonds is 4. The molecular weight excluding hydrogens is 659 g/mol. The van der Waals surface area contributed by atoms with E-state index in [1.165, 1.54) is 86.3 Å². The first-order valence-electron chi connectivity index (χ1n) is 18.7. The van der Waals surface area contributed by atoms with Crippen molar-refractivity contribution in [3.63, 3.8) is 0 Å². The fourth-order valence-corrected chi connectivity index (χ4v) is 9.95. The summed E-state index contributed by atoms with van der Waals surface area (Å²) in [6.07, 6.45) is 0. The Hall–Kier alpha value is -5.70. The Kier molecular flexibility index (Phi) is 7.03. The molecule has 1 nitrogen and oxygen atoms in total. The first-order chi connectivity index (χ1) is 25.7. The first kappa shape index (κ1) is 32.0. The van der Waals surface area contributed by atoms with Gasteiger partial charge in [-0.2, -0.15) is 0 Å². The molecule has 9 aromatic rings. The Bertz CT molecular complexity index is 2900. The van der Waals surface area contributed by atoms with Crippen LogP contribution in [0.15, 0.2) is 158 Å². The van der Waals surface area contributed by atoms with Gasteiger partial charge in [0.2, 0.25) is 0 Å². The number of hydrogen-bond acceptors (Lipinski definition) is 2. The molecule has 2 heteroatoms. The predicted octanol–water partition coefficient (Wildman–Crippen LogP) is 15.1. The average Bonchev–Trinajstić information content (AvgIpc) is 3.65. The summed E-state index contributed by atoms with van der Waals surface area (Å²) < 4.78 is 2.63. The number of thiophene rings is 1. The van der Waals surface area contributed by atoms with Crippen LogP contribution in [0, 0.1) is 0 Å². The van der Waals surface area contributed by atoms with Crippen molar-refractivity contribution in [2.45, 2.75) is 45.4 Å². The van der Waals surface area contributed by atoms with Gasteiger partial charge in [-0.25, -0.2) is 0 Å². The molecule has 0 bridgehead atoms. The van der Waals surface area contributed by atoms with Gasteiger partial charge in [0.25, 0.3) is 0 Å². The minimum atomic E-state index is -0.101. The van der Waals surface area contributed by atoms with Crippen molar-refractivity contribution in [3.05, 3.63) is 174 Å². The van der Waals surface area contributed by atoms with Crippen molar-refractivity contribution in [2.24, 2.45) is 0 Å². The number of benzene rings is 8. The predicted molar refractivity (Wildman–Crippen MR) is 231 cm³/mol. The second-order valence-corrected chi connectivity index (χ2v) is 17.3. The van der Waals surface area contributed by atoms with Crippen LogP contribution in [0.4, 0.5) is 17.1 Å². The van der Waals surface area contributed by atoms with E-state index in [-0.39, 0.29) is 10.8 Å². The lowest BCUT2D eigenvalue weighted by Gasteiger charge is -2.30. The fourth-order valence-electron chi connectivity index (χ4n) is 8.81. The highest BCUT2D eigenvalue weighted by atomic mass is 32.1. The highest BCUT2D eigenvalue weighted by Gasteiger charge is 2.36. The molecule has 53 heavy (non-hydrogen) atoms. The zero-order valence-electron chi connectivity index (χ0n) is 30.9. The smallest absolute Gasteiger partial charge is 0.0546 e. The molecule has 0 amide bonds. The molecule has 0 atom stereocenters. The molecule has 0 saturated carbocycles. The Labute approximate surface area is 315 Å². The molecule has 0 saturated heterocycles. The third kappa shape index (κ3) is 4.96. The molecule has 0 unspecified atom stereocenters. The van der Waals surface area contributed by atoms with Gasteiger partial charge < -0.3 is 4.90 Å². The van der Waals surface area contributed by atoms with E-state index in [1.54, 1.807) is 0 Å². The Balaban J connectivity index is 1.27. The number of fused-ring (bicyclic) bond motifs is 8. The van der Waals surface area contributed by atoms with Crippen LogP contribution in [0.25, 0.3) is 64.0 Å². The lowest BCUT2D eigenvalue weighted by atomic mass is 9.82. The van der Waals surface area contributed by atoms with Crippen molar-refractivity contribution >= 4 is 70.1 Å². The number of anilines is 3. The van der Waals surface area contributed by atoms with Gasteiger partial charge in [0.15, 0.2) is 0 Å². The van der Waals surface area contributed by atoms with Crippen LogP contribution < -0.4 is 4.90 Å². The molecular formula is C51H41NS. The molecule has 0 spiro atoms. The summed E-state index contributed by atoms with van der Waals surface area (Å²) in [6.45, 7) is 11.6. The Morgan fingerprint density at radius 3 is 1.91 bits per heavy atom. The van der Waals surface area contributed by atoms with Gasteiger partial charge in [-0.05, 0) is 115 Å². The summed E-state index contributed by atoms with van der Waals surface area (Å²) in [5.74, 6) is 0. The van der Waals surface area contributed by atoms with Crippen molar-refractivity contribution in [2.75, 3.05) is 4.90 Å². The second-order valence-electron chi connectivity index (χ2n) is 16.2. The highest BCUT2D eigenvalue weighted by molar-refractivity contribution is 7.25. The first-order valence-corrected chi connectivity index (χ1v) is 19.5. The monoisotopic (exact) mass is 699 g/mol. The lowest BCUT2D eigenvalue weighted by Crippen LogP contribution is -2.16. The molecule has 8 aromatic carbocycles. The van der Waals surface area contributed by atoms with Gasteiger partial charge in [-0.3, -0.25) is 0 Å². The van der Waals surface area contributed by atoms with E-state index in [2.05, 4.69) is 197 Å². The van der Waals surface area contributed by atoms with Gasteiger partial charge in [-0.15, -0.1) is 11.3 Å². The largest absolute Gasteiger partial charge is 0.310 e. The van der Waals surface area contributed by atoms with E-state index in [4.69, 9.17) is 0 Å². The quantitative estimate of drug-likeness (QED) is 0.177. The maximum absolute atomic E-state index is 2.51. The molecule has 0 aliphatic heterocycles. The van der Waals surface area contributed by atoms with E-state index >= 15 is 0 Å². The maximum Gasteiger partial charge on any atom is 0.0546 e. The highest BCUT2D eigenvalue weighted by Crippen LogP contribution is 2.53. The number of nitrogens with zero attached hydrogens (tertiary/aromatic N) is 1.